The Balaban J connectivity index is 2.34. The highest BCUT2D eigenvalue weighted by Crippen LogP contribution is 2.23. The Hall–Kier alpha value is -2.20. The van der Waals surface area contributed by atoms with Crippen molar-refractivity contribution in [2.75, 3.05) is 0 Å². The van der Waals surface area contributed by atoms with E-state index in [2.05, 4.69) is 20.1 Å². The second-order valence-corrected chi connectivity index (χ2v) is 6.15. The SMILES string of the molecule is Cc1noc(C)c1C(C)NS(=O)(=O)c1[nH]ncc1C(=O)O. The lowest BCUT2D eigenvalue weighted by molar-refractivity contribution is 0.0692. The van der Waals surface area contributed by atoms with E-state index in [0.29, 0.717) is 17.0 Å². The van der Waals surface area contributed by atoms with Crippen molar-refractivity contribution in [3.05, 3.63) is 28.8 Å². The summed E-state index contributed by atoms with van der Waals surface area (Å²) in [7, 11) is -4.07. The van der Waals surface area contributed by atoms with Gasteiger partial charge in [0.25, 0.3) is 10.0 Å². The number of rotatable bonds is 5. The number of carboxylic acids is 1. The number of nitrogens with one attached hydrogen (secondary N) is 2. The predicted octanol–water partition coefficient (Wildman–Crippen LogP) is 0.752. The maximum absolute atomic E-state index is 12.3. The van der Waals surface area contributed by atoms with Gasteiger partial charge in [0.15, 0.2) is 5.03 Å². The van der Waals surface area contributed by atoms with E-state index in [1.54, 1.807) is 20.8 Å². The van der Waals surface area contributed by atoms with Crippen LogP contribution < -0.4 is 4.72 Å². The van der Waals surface area contributed by atoms with Crippen LogP contribution in [-0.2, 0) is 10.0 Å². The van der Waals surface area contributed by atoms with Gasteiger partial charge in [-0.3, -0.25) is 5.10 Å². The van der Waals surface area contributed by atoms with Gasteiger partial charge in [0.2, 0.25) is 0 Å². The highest BCUT2D eigenvalue weighted by Gasteiger charge is 2.28. The number of hydrogen-bond acceptors (Lipinski definition) is 6. The molecule has 1 atom stereocenters. The third-order valence-corrected chi connectivity index (χ3v) is 4.47. The van der Waals surface area contributed by atoms with E-state index >= 15 is 0 Å². The highest BCUT2D eigenvalue weighted by atomic mass is 32.2. The smallest absolute Gasteiger partial charge is 0.340 e. The molecule has 0 bridgehead atoms. The summed E-state index contributed by atoms with van der Waals surface area (Å²) >= 11 is 0. The van der Waals surface area contributed by atoms with Crippen molar-refractivity contribution in [1.29, 1.82) is 0 Å². The molecule has 10 heteroatoms. The standard InChI is InChI=1S/C11H14N4O5S/c1-5-9(7(3)20-14-5)6(2)15-21(18,19)10-8(11(16)17)4-12-13-10/h4,6,15H,1-3H3,(H,12,13)(H,16,17). The first kappa shape index (κ1) is 15.2. The van der Waals surface area contributed by atoms with Gasteiger partial charge < -0.3 is 9.63 Å². The number of carboxylic acid groups (broad SMARTS) is 1. The van der Waals surface area contributed by atoms with Gasteiger partial charge in [0.05, 0.1) is 11.9 Å². The van der Waals surface area contributed by atoms with E-state index in [4.69, 9.17) is 9.63 Å². The molecule has 0 aliphatic carbocycles. The molecule has 9 nitrogen and oxygen atoms in total. The summed E-state index contributed by atoms with van der Waals surface area (Å²) in [5.41, 5.74) is 0.745. The number of carbonyl (C=O) groups is 1. The van der Waals surface area contributed by atoms with E-state index < -0.39 is 32.6 Å². The number of H-pyrrole nitrogens is 1. The van der Waals surface area contributed by atoms with Gasteiger partial charge in [-0.15, -0.1) is 0 Å². The lowest BCUT2D eigenvalue weighted by Gasteiger charge is -2.13. The molecule has 0 aliphatic heterocycles. The summed E-state index contributed by atoms with van der Waals surface area (Å²) in [6, 6.07) is -0.633. The number of nitrogens with zero attached hydrogens (tertiary/aromatic N) is 2. The van der Waals surface area contributed by atoms with Gasteiger partial charge in [-0.05, 0) is 20.8 Å². The van der Waals surface area contributed by atoms with Crippen LogP contribution in [0.4, 0.5) is 0 Å². The van der Waals surface area contributed by atoms with Crippen molar-refractivity contribution in [2.24, 2.45) is 0 Å². The first-order chi connectivity index (χ1) is 9.74. The molecule has 2 aromatic rings. The molecular weight excluding hydrogens is 300 g/mol. The monoisotopic (exact) mass is 314 g/mol. The van der Waals surface area contributed by atoms with Gasteiger partial charge in [-0.2, -0.15) is 5.10 Å². The maximum atomic E-state index is 12.3. The molecule has 2 rings (SSSR count). The molecule has 0 radical (unpaired) electrons. The van der Waals surface area contributed by atoms with Gasteiger partial charge in [-0.25, -0.2) is 17.9 Å². The first-order valence-corrected chi connectivity index (χ1v) is 7.44. The normalized spacial score (nSPS) is 13.3. The fourth-order valence-electron chi connectivity index (χ4n) is 2.09. The molecule has 1 unspecified atom stereocenters. The van der Waals surface area contributed by atoms with Crippen LogP contribution in [0.2, 0.25) is 0 Å². The van der Waals surface area contributed by atoms with Crippen LogP contribution in [0.1, 0.15) is 40.3 Å². The fourth-order valence-corrected chi connectivity index (χ4v) is 3.39. The van der Waals surface area contributed by atoms with Crippen molar-refractivity contribution in [3.63, 3.8) is 0 Å². The quantitative estimate of drug-likeness (QED) is 0.740. The Morgan fingerprint density at radius 3 is 2.67 bits per heavy atom. The minimum absolute atomic E-state index is 0.423. The second-order valence-electron chi connectivity index (χ2n) is 4.50. The number of aromatic nitrogens is 3. The van der Waals surface area contributed by atoms with E-state index in [1.165, 1.54) is 0 Å². The molecule has 2 aromatic heterocycles. The number of sulfonamides is 1. The summed E-state index contributed by atoms with van der Waals surface area (Å²) in [6.45, 7) is 4.97. The largest absolute Gasteiger partial charge is 0.478 e. The molecule has 0 aromatic carbocycles. The van der Waals surface area contributed by atoms with E-state index in [0.717, 1.165) is 6.20 Å². The maximum Gasteiger partial charge on any atom is 0.340 e. The van der Waals surface area contributed by atoms with Crippen LogP contribution >= 0.6 is 0 Å². The molecule has 0 fully saturated rings. The van der Waals surface area contributed by atoms with Crippen LogP contribution in [0, 0.1) is 13.8 Å². The number of aromatic amines is 1. The van der Waals surface area contributed by atoms with E-state index in [1.807, 2.05) is 0 Å². The zero-order valence-electron chi connectivity index (χ0n) is 11.5. The molecule has 0 amide bonds. The zero-order valence-corrected chi connectivity index (χ0v) is 12.4. The molecule has 0 saturated heterocycles. The minimum Gasteiger partial charge on any atom is -0.478 e. The van der Waals surface area contributed by atoms with Crippen molar-refractivity contribution < 1.29 is 22.8 Å². The van der Waals surface area contributed by atoms with Crippen LogP contribution in [0.15, 0.2) is 15.7 Å². The summed E-state index contributed by atoms with van der Waals surface area (Å²) in [5, 5.41) is 17.9. The first-order valence-electron chi connectivity index (χ1n) is 5.95. The highest BCUT2D eigenvalue weighted by molar-refractivity contribution is 7.89. The third kappa shape index (κ3) is 2.81. The van der Waals surface area contributed by atoms with Crippen LogP contribution in [0.3, 0.4) is 0 Å². The lowest BCUT2D eigenvalue weighted by atomic mass is 10.1. The Bertz CT molecular complexity index is 757. The zero-order chi connectivity index (χ0) is 15.8. The Morgan fingerprint density at radius 1 is 1.48 bits per heavy atom. The fraction of sp³-hybridized carbons (Fsp3) is 0.364. The minimum atomic E-state index is -4.07. The average Bonchev–Trinajstić information content (AvgIpc) is 2.96. The van der Waals surface area contributed by atoms with Gasteiger partial charge in [-0.1, -0.05) is 5.16 Å². The Morgan fingerprint density at radius 2 is 2.14 bits per heavy atom. The van der Waals surface area contributed by atoms with E-state index in [9.17, 15) is 13.2 Å². The second kappa shape index (κ2) is 5.30. The molecule has 114 valence electrons. The van der Waals surface area contributed by atoms with Crippen molar-refractivity contribution >= 4 is 16.0 Å². The van der Waals surface area contributed by atoms with Crippen LogP contribution in [0.25, 0.3) is 0 Å². The van der Waals surface area contributed by atoms with Gasteiger partial charge >= 0.3 is 5.97 Å². The molecule has 0 saturated carbocycles. The van der Waals surface area contributed by atoms with Gasteiger partial charge in [0.1, 0.15) is 11.3 Å². The van der Waals surface area contributed by atoms with Crippen molar-refractivity contribution in [1.82, 2.24) is 20.1 Å². The molecule has 2 heterocycles. The van der Waals surface area contributed by atoms with Gasteiger partial charge in [0, 0.05) is 11.6 Å². The molecule has 0 aliphatic rings. The third-order valence-electron chi connectivity index (χ3n) is 2.96. The van der Waals surface area contributed by atoms with Crippen LogP contribution in [-0.4, -0.2) is 34.8 Å². The molecule has 21 heavy (non-hydrogen) atoms. The summed E-state index contributed by atoms with van der Waals surface area (Å²) in [5.74, 6) is -0.889. The van der Waals surface area contributed by atoms with E-state index in [-0.39, 0.29) is 0 Å². The molecular formula is C11H14N4O5S. The van der Waals surface area contributed by atoms with Crippen molar-refractivity contribution in [2.45, 2.75) is 31.8 Å². The summed E-state index contributed by atoms with van der Waals surface area (Å²) < 4.78 is 31.9. The summed E-state index contributed by atoms with van der Waals surface area (Å²) in [6.07, 6.45) is 0.942. The Labute approximate surface area is 120 Å². The summed E-state index contributed by atoms with van der Waals surface area (Å²) in [4.78, 5) is 11.0. The van der Waals surface area contributed by atoms with Crippen LogP contribution in [0.5, 0.6) is 0 Å². The average molecular weight is 314 g/mol. The Kier molecular flexibility index (Phi) is 3.83. The number of hydrogen-bond donors (Lipinski definition) is 3. The number of aromatic carboxylic acids is 1. The molecule has 0 spiro atoms. The lowest BCUT2D eigenvalue weighted by Crippen LogP contribution is -2.29. The van der Waals surface area contributed by atoms with Crippen molar-refractivity contribution in [3.8, 4) is 0 Å². The predicted molar refractivity (Wildman–Crippen MR) is 70.3 cm³/mol. The number of aryl methyl sites for hydroxylation is 2. The molecule has 3 N–H and O–H groups in total. The topological polar surface area (TPSA) is 138 Å².